The Morgan fingerprint density at radius 1 is 1.29 bits per heavy atom. The van der Waals surface area contributed by atoms with Crippen molar-refractivity contribution >= 4 is 51.8 Å². The molecule has 140 valence electrons. The van der Waals surface area contributed by atoms with Gasteiger partial charge in [-0.3, -0.25) is 10.1 Å². The third-order valence-electron chi connectivity index (χ3n) is 3.45. The lowest BCUT2D eigenvalue weighted by Gasteiger charge is -1.98. The van der Waals surface area contributed by atoms with Gasteiger partial charge in [0.25, 0.3) is 0 Å². The number of carbonyl (C=O) groups excluding carboxylic acids is 1. The number of carbonyl (C=O) groups is 1. The smallest absolute Gasteiger partial charge is 0.250 e. The van der Waals surface area contributed by atoms with Crippen molar-refractivity contribution in [3.8, 4) is 6.07 Å². The minimum Gasteiger partial charge on any atom is -0.297 e. The summed E-state index contributed by atoms with van der Waals surface area (Å²) in [6.07, 6.45) is 2.84. The summed E-state index contributed by atoms with van der Waals surface area (Å²) in [6, 6.07) is 13.6. The molecule has 0 saturated carbocycles. The Bertz CT molecular complexity index is 1060. The highest BCUT2D eigenvalue weighted by molar-refractivity contribution is 8.00. The molecular formula is C19H12ClFN4OS2. The summed E-state index contributed by atoms with van der Waals surface area (Å²) in [5.41, 5.74) is 2.29. The maximum Gasteiger partial charge on any atom is 0.250 e. The maximum absolute atomic E-state index is 13.1. The van der Waals surface area contributed by atoms with Gasteiger partial charge in [0, 0.05) is 11.8 Å². The topological polar surface area (TPSA) is 78.7 Å². The molecule has 0 fully saturated rings. The van der Waals surface area contributed by atoms with E-state index in [2.05, 4.69) is 21.6 Å². The number of thioether (sulfide) groups is 1. The Morgan fingerprint density at radius 3 is 2.79 bits per heavy atom. The molecule has 0 aliphatic carbocycles. The van der Waals surface area contributed by atoms with Crippen molar-refractivity contribution < 1.29 is 9.18 Å². The third kappa shape index (κ3) is 5.63. The van der Waals surface area contributed by atoms with Gasteiger partial charge in [-0.05, 0) is 41.5 Å². The van der Waals surface area contributed by atoms with Gasteiger partial charge in [0.15, 0.2) is 4.34 Å². The Morgan fingerprint density at radius 2 is 2.07 bits per heavy atom. The Hall–Kier alpha value is -2.73. The minimum absolute atomic E-state index is 0.00406. The molecule has 0 aliphatic heterocycles. The van der Waals surface area contributed by atoms with Crippen LogP contribution in [0.3, 0.4) is 0 Å². The van der Waals surface area contributed by atoms with E-state index in [1.165, 1.54) is 53.4 Å². The van der Waals surface area contributed by atoms with Gasteiger partial charge >= 0.3 is 0 Å². The van der Waals surface area contributed by atoms with Crippen molar-refractivity contribution in [2.24, 2.45) is 0 Å². The number of nitriles is 1. The number of amides is 1. The molecule has 1 aromatic heterocycles. The van der Waals surface area contributed by atoms with Crippen LogP contribution in [0.5, 0.6) is 0 Å². The Balaban J connectivity index is 1.53. The molecule has 28 heavy (non-hydrogen) atoms. The van der Waals surface area contributed by atoms with Crippen LogP contribution in [0.2, 0.25) is 5.02 Å². The highest BCUT2D eigenvalue weighted by Gasteiger charge is 2.07. The zero-order valence-electron chi connectivity index (χ0n) is 14.2. The van der Waals surface area contributed by atoms with Crippen molar-refractivity contribution in [2.75, 3.05) is 5.32 Å². The summed E-state index contributed by atoms with van der Waals surface area (Å²) in [7, 11) is 0. The Kier molecular flexibility index (Phi) is 6.76. The fourth-order valence-corrected chi connectivity index (χ4v) is 3.97. The molecule has 5 nitrogen and oxygen atoms in total. The number of aromatic nitrogens is 2. The van der Waals surface area contributed by atoms with E-state index in [9.17, 15) is 9.18 Å². The van der Waals surface area contributed by atoms with Crippen LogP contribution in [0.4, 0.5) is 9.52 Å². The van der Waals surface area contributed by atoms with Crippen LogP contribution >= 0.6 is 34.7 Å². The normalized spacial score (nSPS) is 10.8. The van der Waals surface area contributed by atoms with Crippen LogP contribution in [0.15, 0.2) is 52.9 Å². The molecule has 0 saturated heterocycles. The van der Waals surface area contributed by atoms with Gasteiger partial charge in [0.2, 0.25) is 11.0 Å². The molecule has 0 unspecified atom stereocenters. The van der Waals surface area contributed by atoms with Gasteiger partial charge in [0.05, 0.1) is 16.7 Å². The van der Waals surface area contributed by atoms with Gasteiger partial charge in [-0.15, -0.1) is 10.2 Å². The van der Waals surface area contributed by atoms with Crippen LogP contribution in [-0.2, 0) is 10.5 Å². The second-order valence-corrected chi connectivity index (χ2v) is 8.07. The maximum atomic E-state index is 13.1. The largest absolute Gasteiger partial charge is 0.297 e. The molecule has 1 heterocycles. The molecule has 0 spiro atoms. The van der Waals surface area contributed by atoms with Crippen molar-refractivity contribution in [1.29, 1.82) is 5.26 Å². The van der Waals surface area contributed by atoms with Gasteiger partial charge in [-0.25, -0.2) is 4.39 Å². The van der Waals surface area contributed by atoms with E-state index in [1.54, 1.807) is 12.1 Å². The second kappa shape index (κ2) is 9.46. The van der Waals surface area contributed by atoms with E-state index in [4.69, 9.17) is 16.9 Å². The van der Waals surface area contributed by atoms with Crippen molar-refractivity contribution in [3.63, 3.8) is 0 Å². The number of rotatable bonds is 6. The number of anilines is 1. The quantitative estimate of drug-likeness (QED) is 0.332. The number of benzene rings is 2. The SMILES string of the molecule is N#Cc1ccc(CSc2nnc(NC(=O)/C=C/c3ccc(F)c(Cl)c3)s2)cc1. The monoisotopic (exact) mass is 430 g/mol. The first-order valence-corrected chi connectivity index (χ1v) is 10.1. The van der Waals surface area contributed by atoms with Gasteiger partial charge in [-0.1, -0.05) is 52.9 Å². The first-order valence-electron chi connectivity index (χ1n) is 7.93. The molecule has 0 atom stereocenters. The van der Waals surface area contributed by atoms with Gasteiger partial charge < -0.3 is 0 Å². The number of nitrogens with one attached hydrogen (secondary N) is 1. The molecule has 0 aliphatic rings. The van der Waals surface area contributed by atoms with E-state index in [1.807, 2.05) is 12.1 Å². The third-order valence-corrected chi connectivity index (χ3v) is 5.79. The summed E-state index contributed by atoms with van der Waals surface area (Å²) in [5.74, 6) is -0.206. The van der Waals surface area contributed by atoms with Crippen molar-refractivity contribution in [3.05, 3.63) is 76.1 Å². The highest BCUT2D eigenvalue weighted by atomic mass is 35.5. The van der Waals surface area contributed by atoms with Crippen LogP contribution in [-0.4, -0.2) is 16.1 Å². The van der Waals surface area contributed by atoms with Gasteiger partial charge in [-0.2, -0.15) is 5.26 Å². The average Bonchev–Trinajstić information content (AvgIpc) is 3.15. The first-order chi connectivity index (χ1) is 13.5. The summed E-state index contributed by atoms with van der Waals surface area (Å²) in [4.78, 5) is 12.0. The van der Waals surface area contributed by atoms with Crippen LogP contribution in [0.25, 0.3) is 6.08 Å². The van der Waals surface area contributed by atoms with Crippen LogP contribution in [0, 0.1) is 17.1 Å². The fraction of sp³-hybridized carbons (Fsp3) is 0.0526. The van der Waals surface area contributed by atoms with Crippen molar-refractivity contribution in [2.45, 2.75) is 10.1 Å². The number of hydrogen-bond acceptors (Lipinski definition) is 6. The number of nitrogens with zero attached hydrogens (tertiary/aromatic N) is 3. The molecule has 1 amide bonds. The summed E-state index contributed by atoms with van der Waals surface area (Å²) >= 11 is 8.46. The molecule has 0 bridgehead atoms. The molecule has 3 aromatic rings. The van der Waals surface area contributed by atoms with Crippen molar-refractivity contribution in [1.82, 2.24) is 10.2 Å². The first kappa shape index (κ1) is 20.0. The van der Waals surface area contributed by atoms with E-state index in [0.717, 1.165) is 5.56 Å². The lowest BCUT2D eigenvalue weighted by Crippen LogP contribution is -2.07. The zero-order valence-corrected chi connectivity index (χ0v) is 16.6. The molecule has 9 heteroatoms. The van der Waals surface area contributed by atoms with Crippen LogP contribution in [0.1, 0.15) is 16.7 Å². The minimum atomic E-state index is -0.511. The summed E-state index contributed by atoms with van der Waals surface area (Å²) < 4.78 is 13.8. The van der Waals surface area contributed by atoms with Gasteiger partial charge in [0.1, 0.15) is 5.82 Å². The lowest BCUT2D eigenvalue weighted by atomic mass is 10.2. The molecule has 1 N–H and O–H groups in total. The van der Waals surface area contributed by atoms with E-state index >= 15 is 0 Å². The van der Waals surface area contributed by atoms with E-state index in [0.29, 0.717) is 26.4 Å². The summed E-state index contributed by atoms with van der Waals surface area (Å²) in [6.45, 7) is 0. The number of halogens is 2. The highest BCUT2D eigenvalue weighted by Crippen LogP contribution is 2.28. The zero-order chi connectivity index (χ0) is 19.9. The fourth-order valence-electron chi connectivity index (χ4n) is 2.07. The molecule has 3 rings (SSSR count). The molecular weight excluding hydrogens is 419 g/mol. The average molecular weight is 431 g/mol. The number of hydrogen-bond donors (Lipinski definition) is 1. The van der Waals surface area contributed by atoms with Crippen LogP contribution < -0.4 is 5.32 Å². The predicted molar refractivity (Wildman–Crippen MR) is 110 cm³/mol. The second-order valence-electron chi connectivity index (χ2n) is 5.47. The predicted octanol–water partition coefficient (Wildman–Crippen LogP) is 5.15. The molecule has 0 radical (unpaired) electrons. The van der Waals surface area contributed by atoms with E-state index in [-0.39, 0.29) is 10.9 Å². The molecule has 2 aromatic carbocycles. The Labute approximate surface area is 173 Å². The summed E-state index contributed by atoms with van der Waals surface area (Å²) in [5, 5.41) is 19.8. The lowest BCUT2D eigenvalue weighted by molar-refractivity contribution is -0.111. The standard InChI is InChI=1S/C19H12ClFN4OS2/c20-15-9-12(5-7-16(15)21)6-8-17(26)23-18-24-25-19(28-18)27-11-14-3-1-13(10-22)2-4-14/h1-9H,11H2,(H,23,24,26)/b8-6+. The van der Waals surface area contributed by atoms with E-state index < -0.39 is 5.82 Å².